The quantitative estimate of drug-likeness (QED) is 0.206. The van der Waals surface area contributed by atoms with Crippen LogP contribution < -0.4 is 10.6 Å². The summed E-state index contributed by atoms with van der Waals surface area (Å²) in [7, 11) is 0. The van der Waals surface area contributed by atoms with Crippen LogP contribution in [0.2, 0.25) is 0 Å². The minimum absolute atomic E-state index is 0.0601. The van der Waals surface area contributed by atoms with Crippen LogP contribution in [0, 0.1) is 24.4 Å². The summed E-state index contributed by atoms with van der Waals surface area (Å²) in [4.78, 5) is 24.3. The zero-order valence-corrected chi connectivity index (χ0v) is 25.5. The number of hydrogen-bond donors (Lipinski definition) is 2. The van der Waals surface area contributed by atoms with Crippen LogP contribution in [-0.4, -0.2) is 34.0 Å². The first-order chi connectivity index (χ1) is 22.1. The maximum atomic E-state index is 14.1. The standard InChI is InChI=1S/C19H17FN2O.C18H14F2N2O/c1-11-3-5-13(6-4-11)16-9-15(20)7-14-8-17-19(23)21-10-12(2)22(17)18(14)16;1-10-9-21-18(23)16-7-12-6-14(20)8-15(17(12)22(10)16)11-2-4-13(19)5-3-11/h3-9,12H,10H2,1-2H3,(H,21,23);2-8,10H,9H2,1H3,(H,21,23)/t12-;10-/m11/s1. The average Bonchev–Trinajstić information content (AvgIpc) is 3.62. The summed E-state index contributed by atoms with van der Waals surface area (Å²) in [5, 5.41) is 7.14. The number of fused-ring (bicyclic) bond motifs is 6. The lowest BCUT2D eigenvalue weighted by Crippen LogP contribution is -2.37. The monoisotopic (exact) mass is 620 g/mol. The van der Waals surface area contributed by atoms with Gasteiger partial charge in [0.05, 0.1) is 11.0 Å². The van der Waals surface area contributed by atoms with E-state index < -0.39 is 0 Å². The van der Waals surface area contributed by atoms with Crippen molar-refractivity contribution in [2.24, 2.45) is 0 Å². The first-order valence-electron chi connectivity index (χ1n) is 15.2. The number of carbonyl (C=O) groups excluding carboxylic acids is 2. The highest BCUT2D eigenvalue weighted by Gasteiger charge is 2.28. The topological polar surface area (TPSA) is 68.1 Å². The van der Waals surface area contributed by atoms with E-state index in [1.165, 1.54) is 30.3 Å². The van der Waals surface area contributed by atoms with Gasteiger partial charge in [0.1, 0.15) is 28.8 Å². The van der Waals surface area contributed by atoms with Crippen LogP contribution in [0.3, 0.4) is 0 Å². The molecule has 232 valence electrons. The number of aromatic nitrogens is 2. The molecule has 2 aromatic heterocycles. The Balaban J connectivity index is 0.000000147. The molecule has 46 heavy (non-hydrogen) atoms. The van der Waals surface area contributed by atoms with Gasteiger partial charge in [0.15, 0.2) is 0 Å². The third-order valence-corrected chi connectivity index (χ3v) is 8.77. The lowest BCUT2D eigenvalue weighted by atomic mass is 10.0. The van der Waals surface area contributed by atoms with Gasteiger partial charge in [-0.05, 0) is 80.4 Å². The van der Waals surface area contributed by atoms with Gasteiger partial charge in [-0.3, -0.25) is 9.59 Å². The third-order valence-electron chi connectivity index (χ3n) is 8.77. The SMILES string of the molecule is C[C@@H]1CNC(=O)c2cc3cc(F)cc(-c4ccc(F)cc4)c3n21.Cc1ccc(-c2cc(F)cc3cc4n(c23)[C@H](C)CNC4=O)cc1. The molecular weight excluding hydrogens is 589 g/mol. The van der Waals surface area contributed by atoms with E-state index in [-0.39, 0.29) is 41.3 Å². The fraction of sp³-hybridized carbons (Fsp3) is 0.189. The van der Waals surface area contributed by atoms with Crippen LogP contribution in [-0.2, 0) is 0 Å². The van der Waals surface area contributed by atoms with Crippen LogP contribution in [0.4, 0.5) is 13.2 Å². The van der Waals surface area contributed by atoms with Gasteiger partial charge in [-0.25, -0.2) is 13.2 Å². The molecule has 6 aromatic rings. The van der Waals surface area contributed by atoms with E-state index in [0.29, 0.717) is 35.4 Å². The van der Waals surface area contributed by atoms with Crippen molar-refractivity contribution in [3.63, 3.8) is 0 Å². The summed E-state index contributed by atoms with van der Waals surface area (Å²) in [5.41, 5.74) is 7.16. The average molecular weight is 621 g/mol. The highest BCUT2D eigenvalue weighted by atomic mass is 19.1. The lowest BCUT2D eigenvalue weighted by molar-refractivity contribution is 0.0911. The van der Waals surface area contributed by atoms with Crippen molar-refractivity contribution >= 4 is 33.6 Å². The van der Waals surface area contributed by atoms with Crippen molar-refractivity contribution < 1.29 is 22.8 Å². The van der Waals surface area contributed by atoms with Gasteiger partial charge in [-0.1, -0.05) is 42.0 Å². The van der Waals surface area contributed by atoms with E-state index in [2.05, 4.69) is 17.6 Å². The van der Waals surface area contributed by atoms with Crippen LogP contribution >= 0.6 is 0 Å². The molecule has 2 amide bonds. The smallest absolute Gasteiger partial charge is 0.268 e. The van der Waals surface area contributed by atoms with E-state index in [9.17, 15) is 22.8 Å². The number of nitrogens with one attached hydrogen (secondary N) is 2. The molecule has 8 rings (SSSR count). The molecule has 0 unspecified atom stereocenters. The van der Waals surface area contributed by atoms with Crippen LogP contribution in [0.1, 0.15) is 52.5 Å². The van der Waals surface area contributed by atoms with Crippen molar-refractivity contribution in [1.82, 2.24) is 19.8 Å². The third kappa shape index (κ3) is 5.01. The molecule has 4 heterocycles. The number of carbonyl (C=O) groups is 2. The van der Waals surface area contributed by atoms with E-state index in [1.54, 1.807) is 30.3 Å². The molecule has 2 N–H and O–H groups in total. The van der Waals surface area contributed by atoms with Crippen molar-refractivity contribution in [1.29, 1.82) is 0 Å². The molecule has 0 saturated carbocycles. The second-order valence-corrected chi connectivity index (χ2v) is 12.1. The maximum absolute atomic E-state index is 14.1. The van der Waals surface area contributed by atoms with Crippen LogP contribution in [0.5, 0.6) is 0 Å². The second-order valence-electron chi connectivity index (χ2n) is 12.1. The molecular formula is C37H31F3N4O2. The molecule has 0 spiro atoms. The number of hydrogen-bond acceptors (Lipinski definition) is 2. The largest absolute Gasteiger partial charge is 0.349 e. The number of aryl methyl sites for hydroxylation is 1. The van der Waals surface area contributed by atoms with Crippen molar-refractivity contribution in [2.75, 3.05) is 13.1 Å². The molecule has 2 aliphatic heterocycles. The molecule has 4 aromatic carbocycles. The van der Waals surface area contributed by atoms with E-state index >= 15 is 0 Å². The normalized spacial score (nSPS) is 17.2. The molecule has 6 nitrogen and oxygen atoms in total. The Morgan fingerprint density at radius 3 is 1.43 bits per heavy atom. The summed E-state index contributed by atoms with van der Waals surface area (Å²) in [6.45, 7) is 7.19. The summed E-state index contributed by atoms with van der Waals surface area (Å²) < 4.78 is 45.3. The Hall–Kier alpha value is -5.31. The predicted molar refractivity (Wildman–Crippen MR) is 173 cm³/mol. The molecule has 0 fully saturated rings. The Bertz CT molecular complexity index is 2010. The number of benzene rings is 4. The van der Waals surface area contributed by atoms with E-state index in [4.69, 9.17) is 0 Å². The van der Waals surface area contributed by atoms with Crippen molar-refractivity contribution in [2.45, 2.75) is 32.9 Å². The number of rotatable bonds is 2. The zero-order valence-electron chi connectivity index (χ0n) is 25.5. The second kappa shape index (κ2) is 11.2. The summed E-state index contributed by atoms with van der Waals surface area (Å²) in [6, 6.07) is 23.6. The Morgan fingerprint density at radius 2 is 1.00 bits per heavy atom. The van der Waals surface area contributed by atoms with Gasteiger partial charge in [-0.2, -0.15) is 0 Å². The Kier molecular flexibility index (Phi) is 7.19. The van der Waals surface area contributed by atoms with Gasteiger partial charge in [0, 0.05) is 47.1 Å². The van der Waals surface area contributed by atoms with E-state index in [1.807, 2.05) is 47.2 Å². The zero-order chi connectivity index (χ0) is 32.3. The Labute approximate surface area is 263 Å². The lowest BCUT2D eigenvalue weighted by Gasteiger charge is -2.25. The molecule has 0 saturated heterocycles. The molecule has 0 aliphatic carbocycles. The summed E-state index contributed by atoms with van der Waals surface area (Å²) in [5.74, 6) is -1.28. The van der Waals surface area contributed by atoms with E-state index in [0.717, 1.165) is 38.7 Å². The number of halogens is 3. The molecule has 2 aliphatic rings. The fourth-order valence-electron chi connectivity index (χ4n) is 6.59. The van der Waals surface area contributed by atoms with Gasteiger partial charge >= 0.3 is 0 Å². The van der Waals surface area contributed by atoms with Gasteiger partial charge in [0.2, 0.25) is 0 Å². The first-order valence-corrected chi connectivity index (χ1v) is 15.2. The number of amides is 2. The summed E-state index contributed by atoms with van der Waals surface area (Å²) >= 11 is 0. The maximum Gasteiger partial charge on any atom is 0.268 e. The molecule has 0 bridgehead atoms. The fourth-order valence-corrected chi connectivity index (χ4v) is 6.59. The summed E-state index contributed by atoms with van der Waals surface area (Å²) in [6.07, 6.45) is 0. The van der Waals surface area contributed by atoms with Gasteiger partial charge in [0.25, 0.3) is 11.8 Å². The predicted octanol–water partition coefficient (Wildman–Crippen LogP) is 7.95. The van der Waals surface area contributed by atoms with Crippen molar-refractivity contribution in [3.05, 3.63) is 119 Å². The molecule has 9 heteroatoms. The highest BCUT2D eigenvalue weighted by molar-refractivity contribution is 6.05. The highest BCUT2D eigenvalue weighted by Crippen LogP contribution is 2.37. The molecule has 0 radical (unpaired) electrons. The number of nitrogens with zero attached hydrogens (tertiary/aromatic N) is 2. The molecule has 2 atom stereocenters. The Morgan fingerprint density at radius 1 is 0.587 bits per heavy atom. The minimum atomic E-state index is -0.382. The van der Waals surface area contributed by atoms with Gasteiger partial charge in [-0.15, -0.1) is 0 Å². The van der Waals surface area contributed by atoms with Crippen molar-refractivity contribution in [3.8, 4) is 22.3 Å². The van der Waals surface area contributed by atoms with Crippen LogP contribution in [0.25, 0.3) is 44.1 Å². The minimum Gasteiger partial charge on any atom is -0.349 e. The van der Waals surface area contributed by atoms with Crippen LogP contribution in [0.15, 0.2) is 84.9 Å². The van der Waals surface area contributed by atoms with Gasteiger partial charge < -0.3 is 19.8 Å². The first kappa shape index (κ1) is 29.4.